The largest absolute Gasteiger partial charge is 0.500 e. The Bertz CT molecular complexity index is 244. The number of Topliss-reactive ketones (excluding diaryl/α,β-unsaturated/α-hetero) is 1. The van der Waals surface area contributed by atoms with Crippen molar-refractivity contribution in [2.75, 3.05) is 27.4 Å². The van der Waals surface area contributed by atoms with E-state index < -0.39 is 5.97 Å². The Kier molecular flexibility index (Phi) is 7.27. The molecule has 15 heavy (non-hydrogen) atoms. The van der Waals surface area contributed by atoms with Gasteiger partial charge in [-0.25, -0.2) is 4.79 Å². The highest BCUT2D eigenvalue weighted by atomic mass is 16.5. The SMILES string of the molecule is CCOC=C(C(=O)CCOC)C(=O)OC. The van der Waals surface area contributed by atoms with E-state index in [0.717, 1.165) is 6.26 Å². The number of carbonyl (C=O) groups is 2. The van der Waals surface area contributed by atoms with Crippen LogP contribution in [0.5, 0.6) is 0 Å². The van der Waals surface area contributed by atoms with Crippen LogP contribution in [0, 0.1) is 0 Å². The van der Waals surface area contributed by atoms with Gasteiger partial charge in [0.2, 0.25) is 0 Å². The van der Waals surface area contributed by atoms with Gasteiger partial charge in [0.05, 0.1) is 20.3 Å². The Morgan fingerprint density at radius 3 is 2.40 bits per heavy atom. The number of methoxy groups -OCH3 is 2. The molecular weight excluding hydrogens is 200 g/mol. The average Bonchev–Trinajstić information content (AvgIpc) is 2.26. The van der Waals surface area contributed by atoms with Crippen molar-refractivity contribution in [2.45, 2.75) is 13.3 Å². The topological polar surface area (TPSA) is 61.8 Å². The Labute approximate surface area is 89.0 Å². The predicted molar refractivity (Wildman–Crippen MR) is 53.2 cm³/mol. The predicted octanol–water partition coefficient (Wildman–Crippen LogP) is 0.685. The highest BCUT2D eigenvalue weighted by molar-refractivity contribution is 6.17. The molecule has 0 aliphatic heterocycles. The Balaban J connectivity index is 4.48. The zero-order valence-electron chi connectivity index (χ0n) is 9.24. The molecule has 0 N–H and O–H groups in total. The number of ether oxygens (including phenoxy) is 3. The quantitative estimate of drug-likeness (QED) is 0.206. The Morgan fingerprint density at radius 1 is 1.27 bits per heavy atom. The third-order valence-electron chi connectivity index (χ3n) is 1.61. The lowest BCUT2D eigenvalue weighted by atomic mass is 10.1. The molecule has 0 radical (unpaired) electrons. The van der Waals surface area contributed by atoms with Crippen molar-refractivity contribution in [1.29, 1.82) is 0 Å². The monoisotopic (exact) mass is 216 g/mol. The first kappa shape index (κ1) is 13.6. The van der Waals surface area contributed by atoms with Gasteiger partial charge in [-0.2, -0.15) is 0 Å². The van der Waals surface area contributed by atoms with E-state index in [-0.39, 0.29) is 24.4 Å². The van der Waals surface area contributed by atoms with E-state index in [1.54, 1.807) is 6.92 Å². The second-order valence-corrected chi connectivity index (χ2v) is 2.64. The molecule has 0 aromatic carbocycles. The van der Waals surface area contributed by atoms with Gasteiger partial charge in [-0.15, -0.1) is 0 Å². The minimum absolute atomic E-state index is 0.0867. The molecule has 0 aromatic rings. The van der Waals surface area contributed by atoms with E-state index in [1.165, 1.54) is 14.2 Å². The van der Waals surface area contributed by atoms with Crippen molar-refractivity contribution in [3.05, 3.63) is 11.8 Å². The van der Waals surface area contributed by atoms with Crippen molar-refractivity contribution in [1.82, 2.24) is 0 Å². The van der Waals surface area contributed by atoms with Crippen molar-refractivity contribution in [3.63, 3.8) is 0 Å². The fraction of sp³-hybridized carbons (Fsp3) is 0.600. The number of carbonyl (C=O) groups excluding carboxylic acids is 2. The summed E-state index contributed by atoms with van der Waals surface area (Å²) < 4.78 is 14.1. The van der Waals surface area contributed by atoms with Crippen LogP contribution in [0.15, 0.2) is 11.8 Å². The van der Waals surface area contributed by atoms with Gasteiger partial charge in [-0.3, -0.25) is 4.79 Å². The van der Waals surface area contributed by atoms with Crippen LogP contribution >= 0.6 is 0 Å². The van der Waals surface area contributed by atoms with Crippen molar-refractivity contribution in [3.8, 4) is 0 Å². The zero-order chi connectivity index (χ0) is 11.7. The molecule has 0 bridgehead atoms. The second kappa shape index (κ2) is 7.99. The van der Waals surface area contributed by atoms with E-state index in [0.29, 0.717) is 6.61 Å². The zero-order valence-corrected chi connectivity index (χ0v) is 9.24. The fourth-order valence-corrected chi connectivity index (χ4v) is 0.834. The first-order chi connectivity index (χ1) is 7.17. The highest BCUT2D eigenvalue weighted by Gasteiger charge is 2.18. The number of ketones is 1. The lowest BCUT2D eigenvalue weighted by Gasteiger charge is -2.04. The molecule has 0 saturated heterocycles. The van der Waals surface area contributed by atoms with Gasteiger partial charge in [0, 0.05) is 13.5 Å². The molecule has 0 aromatic heterocycles. The summed E-state index contributed by atoms with van der Waals surface area (Å²) in [5.41, 5.74) is -0.0867. The molecule has 0 atom stereocenters. The van der Waals surface area contributed by atoms with Crippen LogP contribution in [0.1, 0.15) is 13.3 Å². The summed E-state index contributed by atoms with van der Waals surface area (Å²) in [6.45, 7) is 2.41. The minimum Gasteiger partial charge on any atom is -0.500 e. The maximum atomic E-state index is 11.5. The van der Waals surface area contributed by atoms with Crippen LogP contribution in [0.3, 0.4) is 0 Å². The second-order valence-electron chi connectivity index (χ2n) is 2.64. The van der Waals surface area contributed by atoms with Crippen LogP contribution in [0.4, 0.5) is 0 Å². The van der Waals surface area contributed by atoms with E-state index in [4.69, 9.17) is 9.47 Å². The lowest BCUT2D eigenvalue weighted by molar-refractivity contribution is -0.138. The summed E-state index contributed by atoms with van der Waals surface area (Å²) in [5, 5.41) is 0. The third kappa shape index (κ3) is 5.17. The molecule has 0 spiro atoms. The molecule has 0 heterocycles. The Morgan fingerprint density at radius 2 is 1.93 bits per heavy atom. The Hall–Kier alpha value is -1.36. The van der Waals surface area contributed by atoms with Crippen LogP contribution in [-0.4, -0.2) is 39.2 Å². The summed E-state index contributed by atoms with van der Waals surface area (Å²) in [4.78, 5) is 22.7. The van der Waals surface area contributed by atoms with Gasteiger partial charge < -0.3 is 14.2 Å². The maximum absolute atomic E-state index is 11.5. The molecule has 0 aliphatic carbocycles. The first-order valence-corrected chi connectivity index (χ1v) is 4.59. The van der Waals surface area contributed by atoms with Crippen LogP contribution in [0.2, 0.25) is 0 Å². The molecule has 0 rings (SSSR count). The summed E-state index contributed by atoms with van der Waals surface area (Å²) in [6, 6.07) is 0. The summed E-state index contributed by atoms with van der Waals surface area (Å²) in [7, 11) is 2.70. The van der Waals surface area contributed by atoms with Gasteiger partial charge in [0.15, 0.2) is 5.78 Å². The molecule has 5 nitrogen and oxygen atoms in total. The molecular formula is C10H16O5. The van der Waals surface area contributed by atoms with Crippen LogP contribution in [0.25, 0.3) is 0 Å². The van der Waals surface area contributed by atoms with Crippen LogP contribution in [-0.2, 0) is 23.8 Å². The molecule has 0 saturated carbocycles. The van der Waals surface area contributed by atoms with E-state index >= 15 is 0 Å². The van der Waals surface area contributed by atoms with E-state index in [9.17, 15) is 9.59 Å². The lowest BCUT2D eigenvalue weighted by Crippen LogP contribution is -2.16. The highest BCUT2D eigenvalue weighted by Crippen LogP contribution is 2.03. The van der Waals surface area contributed by atoms with Crippen molar-refractivity contribution < 1.29 is 23.8 Å². The number of rotatable bonds is 7. The first-order valence-electron chi connectivity index (χ1n) is 4.59. The molecule has 0 amide bonds. The molecule has 0 unspecified atom stereocenters. The van der Waals surface area contributed by atoms with Crippen molar-refractivity contribution in [2.24, 2.45) is 0 Å². The van der Waals surface area contributed by atoms with Gasteiger partial charge in [-0.05, 0) is 6.92 Å². The van der Waals surface area contributed by atoms with Gasteiger partial charge in [0.25, 0.3) is 0 Å². The summed E-state index contributed by atoms with van der Waals surface area (Å²) in [5.74, 6) is -1.04. The van der Waals surface area contributed by atoms with Crippen LogP contribution < -0.4 is 0 Å². The average molecular weight is 216 g/mol. The third-order valence-corrected chi connectivity index (χ3v) is 1.61. The fourth-order valence-electron chi connectivity index (χ4n) is 0.834. The summed E-state index contributed by atoms with van der Waals surface area (Å²) >= 11 is 0. The van der Waals surface area contributed by atoms with Crippen molar-refractivity contribution >= 4 is 11.8 Å². The smallest absolute Gasteiger partial charge is 0.344 e. The number of hydrogen-bond donors (Lipinski definition) is 0. The summed E-state index contributed by atoms with van der Waals surface area (Å²) in [6.07, 6.45) is 1.26. The molecule has 0 fully saturated rings. The van der Waals surface area contributed by atoms with E-state index in [1.807, 2.05) is 0 Å². The van der Waals surface area contributed by atoms with Gasteiger partial charge in [-0.1, -0.05) is 0 Å². The van der Waals surface area contributed by atoms with Gasteiger partial charge >= 0.3 is 5.97 Å². The van der Waals surface area contributed by atoms with E-state index in [2.05, 4.69) is 4.74 Å². The normalized spacial score (nSPS) is 11.0. The van der Waals surface area contributed by atoms with Gasteiger partial charge in [0.1, 0.15) is 11.8 Å². The standard InChI is InChI=1S/C10H16O5/c1-4-15-7-8(10(12)14-3)9(11)5-6-13-2/h7H,4-6H2,1-3H3. The maximum Gasteiger partial charge on any atom is 0.344 e. The molecule has 0 aliphatic rings. The molecule has 5 heteroatoms. The minimum atomic E-state index is -0.690. The number of esters is 1. The molecule has 86 valence electrons. The number of hydrogen-bond acceptors (Lipinski definition) is 5.